The van der Waals surface area contributed by atoms with Crippen LogP contribution >= 0.6 is 0 Å². The molecule has 1 atom stereocenters. The van der Waals surface area contributed by atoms with Gasteiger partial charge in [0.15, 0.2) is 0 Å². The first-order chi connectivity index (χ1) is 5.83. The maximum absolute atomic E-state index is 3.53. The standard InChI is InChI=1S/C10H22N2.H2/c1-3-8-12(2)9-6-10-5-4-7-11-10;/h10-11H,3-9H2,1-2H3;1H. The van der Waals surface area contributed by atoms with E-state index >= 15 is 0 Å². The number of nitrogens with zero attached hydrogens (tertiary/aromatic N) is 1. The molecule has 12 heavy (non-hydrogen) atoms. The van der Waals surface area contributed by atoms with E-state index in [1.807, 2.05) is 0 Å². The molecule has 2 nitrogen and oxygen atoms in total. The summed E-state index contributed by atoms with van der Waals surface area (Å²) in [6.07, 6.45) is 5.37. The molecule has 0 aromatic heterocycles. The predicted octanol–water partition coefficient (Wildman–Crippen LogP) is 1.72. The SMILES string of the molecule is CCCN(C)CCC1CCCN1.[HH]. The molecule has 1 aliphatic heterocycles. The Morgan fingerprint density at radius 3 is 2.92 bits per heavy atom. The molecule has 0 aliphatic carbocycles. The Bertz CT molecular complexity index is 113. The van der Waals surface area contributed by atoms with E-state index in [2.05, 4.69) is 24.2 Å². The fourth-order valence-corrected chi connectivity index (χ4v) is 1.87. The summed E-state index contributed by atoms with van der Waals surface area (Å²) in [4.78, 5) is 2.43. The van der Waals surface area contributed by atoms with Gasteiger partial charge in [0.25, 0.3) is 0 Å². The average molecular weight is 172 g/mol. The van der Waals surface area contributed by atoms with Gasteiger partial charge >= 0.3 is 0 Å². The van der Waals surface area contributed by atoms with Crippen molar-refractivity contribution in [1.82, 2.24) is 10.2 Å². The van der Waals surface area contributed by atoms with Crippen LogP contribution in [0.1, 0.15) is 34.0 Å². The molecule has 0 bridgehead atoms. The molecule has 1 N–H and O–H groups in total. The van der Waals surface area contributed by atoms with Gasteiger partial charge in [-0.15, -0.1) is 0 Å². The Kier molecular flexibility index (Phi) is 4.62. The van der Waals surface area contributed by atoms with Crippen molar-refractivity contribution in [2.75, 3.05) is 26.7 Å². The van der Waals surface area contributed by atoms with E-state index in [9.17, 15) is 0 Å². The zero-order valence-corrected chi connectivity index (χ0v) is 8.47. The summed E-state index contributed by atoms with van der Waals surface area (Å²) in [7, 11) is 2.22. The highest BCUT2D eigenvalue weighted by Gasteiger charge is 2.13. The van der Waals surface area contributed by atoms with Crippen LogP contribution in [0.3, 0.4) is 0 Å². The minimum absolute atomic E-state index is 0. The first kappa shape index (κ1) is 10.0. The molecule has 1 unspecified atom stereocenters. The quantitative estimate of drug-likeness (QED) is 0.679. The van der Waals surface area contributed by atoms with Crippen LogP contribution in [0.15, 0.2) is 0 Å². The zero-order chi connectivity index (χ0) is 8.81. The Balaban J connectivity index is 0.00000144. The topological polar surface area (TPSA) is 15.3 Å². The van der Waals surface area contributed by atoms with Gasteiger partial charge in [0, 0.05) is 7.47 Å². The van der Waals surface area contributed by atoms with E-state index in [-0.39, 0.29) is 1.43 Å². The van der Waals surface area contributed by atoms with Gasteiger partial charge in [0.1, 0.15) is 0 Å². The van der Waals surface area contributed by atoms with Gasteiger partial charge in [0.2, 0.25) is 0 Å². The largest absolute Gasteiger partial charge is 0.314 e. The van der Waals surface area contributed by atoms with Crippen molar-refractivity contribution >= 4 is 0 Å². The molecule has 1 rings (SSSR count). The molecule has 1 saturated heterocycles. The Labute approximate surface area is 77.8 Å². The normalized spacial score (nSPS) is 23.8. The third kappa shape index (κ3) is 3.55. The summed E-state index contributed by atoms with van der Waals surface area (Å²) in [5, 5.41) is 3.53. The Morgan fingerprint density at radius 2 is 2.33 bits per heavy atom. The molecular formula is C10H24N2. The molecule has 0 amide bonds. The van der Waals surface area contributed by atoms with Crippen LogP contribution in [0.4, 0.5) is 0 Å². The molecule has 1 aliphatic rings. The lowest BCUT2D eigenvalue weighted by molar-refractivity contribution is 0.313. The monoisotopic (exact) mass is 172 g/mol. The number of hydrogen-bond acceptors (Lipinski definition) is 2. The van der Waals surface area contributed by atoms with Crippen LogP contribution in [-0.4, -0.2) is 37.6 Å². The molecule has 0 radical (unpaired) electrons. The van der Waals surface area contributed by atoms with Crippen LogP contribution in [0.2, 0.25) is 0 Å². The zero-order valence-electron chi connectivity index (χ0n) is 8.47. The highest BCUT2D eigenvalue weighted by Crippen LogP contribution is 2.08. The fourth-order valence-electron chi connectivity index (χ4n) is 1.87. The molecule has 0 aromatic carbocycles. The average Bonchev–Trinajstić information content (AvgIpc) is 2.53. The minimum Gasteiger partial charge on any atom is -0.314 e. The lowest BCUT2D eigenvalue weighted by atomic mass is 10.1. The smallest absolute Gasteiger partial charge is 0.00797 e. The molecule has 2 heteroatoms. The molecule has 74 valence electrons. The lowest BCUT2D eigenvalue weighted by Gasteiger charge is -2.18. The van der Waals surface area contributed by atoms with Gasteiger partial charge < -0.3 is 10.2 Å². The van der Waals surface area contributed by atoms with E-state index in [0.29, 0.717) is 0 Å². The molecule has 0 aromatic rings. The van der Waals surface area contributed by atoms with Gasteiger partial charge in [-0.3, -0.25) is 0 Å². The second-order valence-electron chi connectivity index (χ2n) is 3.89. The molecule has 0 spiro atoms. The van der Waals surface area contributed by atoms with E-state index in [1.54, 1.807) is 0 Å². The number of hydrogen-bond donors (Lipinski definition) is 1. The van der Waals surface area contributed by atoms with Crippen molar-refractivity contribution in [1.29, 1.82) is 0 Å². The van der Waals surface area contributed by atoms with Crippen LogP contribution < -0.4 is 5.32 Å². The maximum Gasteiger partial charge on any atom is 0.00797 e. The van der Waals surface area contributed by atoms with Crippen LogP contribution in [-0.2, 0) is 0 Å². The van der Waals surface area contributed by atoms with Crippen molar-refractivity contribution in [3.05, 3.63) is 0 Å². The Hall–Kier alpha value is -0.0800. The van der Waals surface area contributed by atoms with E-state index in [1.165, 1.54) is 45.3 Å². The first-order valence-corrected chi connectivity index (χ1v) is 5.25. The molecule has 1 fully saturated rings. The number of rotatable bonds is 5. The van der Waals surface area contributed by atoms with Crippen LogP contribution in [0.25, 0.3) is 0 Å². The van der Waals surface area contributed by atoms with Crippen molar-refractivity contribution in [2.45, 2.75) is 38.6 Å². The highest BCUT2D eigenvalue weighted by molar-refractivity contribution is 4.74. The van der Waals surface area contributed by atoms with E-state index < -0.39 is 0 Å². The predicted molar refractivity (Wildman–Crippen MR) is 55.5 cm³/mol. The third-order valence-corrected chi connectivity index (χ3v) is 2.63. The summed E-state index contributed by atoms with van der Waals surface area (Å²) in [5.74, 6) is 0. The molecule has 1 heterocycles. The highest BCUT2D eigenvalue weighted by atomic mass is 15.1. The summed E-state index contributed by atoms with van der Waals surface area (Å²) in [6.45, 7) is 5.98. The summed E-state index contributed by atoms with van der Waals surface area (Å²) < 4.78 is 0. The fraction of sp³-hybridized carbons (Fsp3) is 1.00. The number of nitrogens with one attached hydrogen (secondary N) is 1. The van der Waals surface area contributed by atoms with Crippen molar-refractivity contribution in [2.24, 2.45) is 0 Å². The second-order valence-corrected chi connectivity index (χ2v) is 3.89. The van der Waals surface area contributed by atoms with Gasteiger partial charge in [-0.25, -0.2) is 0 Å². The van der Waals surface area contributed by atoms with E-state index in [0.717, 1.165) is 6.04 Å². The maximum atomic E-state index is 3.53. The third-order valence-electron chi connectivity index (χ3n) is 2.63. The van der Waals surface area contributed by atoms with Crippen LogP contribution in [0.5, 0.6) is 0 Å². The van der Waals surface area contributed by atoms with Gasteiger partial charge in [0.05, 0.1) is 0 Å². The van der Waals surface area contributed by atoms with Gasteiger partial charge in [-0.1, -0.05) is 6.92 Å². The van der Waals surface area contributed by atoms with E-state index in [4.69, 9.17) is 0 Å². The minimum atomic E-state index is 0. The van der Waals surface area contributed by atoms with Crippen molar-refractivity contribution in [3.8, 4) is 0 Å². The Morgan fingerprint density at radius 1 is 1.50 bits per heavy atom. The van der Waals surface area contributed by atoms with Crippen molar-refractivity contribution < 1.29 is 1.43 Å². The lowest BCUT2D eigenvalue weighted by Crippen LogP contribution is -2.28. The van der Waals surface area contributed by atoms with Crippen LogP contribution in [0, 0.1) is 0 Å². The first-order valence-electron chi connectivity index (χ1n) is 5.25. The second kappa shape index (κ2) is 5.55. The summed E-state index contributed by atoms with van der Waals surface area (Å²) in [5.41, 5.74) is 0. The van der Waals surface area contributed by atoms with Gasteiger partial charge in [-0.2, -0.15) is 0 Å². The summed E-state index contributed by atoms with van der Waals surface area (Å²) >= 11 is 0. The van der Waals surface area contributed by atoms with Gasteiger partial charge in [-0.05, 0) is 52.4 Å². The molecule has 0 saturated carbocycles. The molecular weight excluding hydrogens is 148 g/mol. The summed E-state index contributed by atoms with van der Waals surface area (Å²) in [6, 6.07) is 0.810. The van der Waals surface area contributed by atoms with Crippen molar-refractivity contribution in [3.63, 3.8) is 0 Å².